The predicted molar refractivity (Wildman–Crippen MR) is 86.7 cm³/mol. The maximum absolute atomic E-state index is 2.85. The molecule has 4 nitrogen and oxygen atoms in total. The van der Waals surface area contributed by atoms with Crippen LogP contribution in [-0.4, -0.2) is 97.1 Å². The van der Waals surface area contributed by atoms with Crippen LogP contribution in [0.15, 0.2) is 0 Å². The Bertz CT molecular complexity index is 361. The Morgan fingerprint density at radius 2 is 0.952 bits per heavy atom. The molecule has 0 amide bonds. The van der Waals surface area contributed by atoms with Gasteiger partial charge in [0.25, 0.3) is 0 Å². The molecule has 0 spiro atoms. The van der Waals surface area contributed by atoms with Crippen LogP contribution in [0.25, 0.3) is 0 Å². The van der Waals surface area contributed by atoms with E-state index in [1.165, 1.54) is 84.5 Å². The van der Waals surface area contributed by atoms with Gasteiger partial charge >= 0.3 is 0 Å². The summed E-state index contributed by atoms with van der Waals surface area (Å²) in [5.74, 6) is 0. The van der Waals surface area contributed by atoms with Crippen molar-refractivity contribution in [2.45, 2.75) is 50.2 Å². The summed E-state index contributed by atoms with van der Waals surface area (Å²) in [7, 11) is 2.31. The van der Waals surface area contributed by atoms with Crippen LogP contribution in [-0.2, 0) is 0 Å². The minimum atomic E-state index is 0.851. The Balaban J connectivity index is 1.62. The van der Waals surface area contributed by atoms with Gasteiger partial charge in [0.15, 0.2) is 0 Å². The van der Waals surface area contributed by atoms with Crippen LogP contribution in [0, 0.1) is 0 Å². The third-order valence-electron chi connectivity index (χ3n) is 6.50. The van der Waals surface area contributed by atoms with E-state index in [1.807, 2.05) is 0 Å². The maximum Gasteiger partial charge on any atom is 0.0126 e. The van der Waals surface area contributed by atoms with Gasteiger partial charge in [0, 0.05) is 44.3 Å². The summed E-state index contributed by atoms with van der Waals surface area (Å²) in [6.45, 7) is 10.5. The van der Waals surface area contributed by atoms with Crippen molar-refractivity contribution >= 4 is 0 Å². The summed E-state index contributed by atoms with van der Waals surface area (Å²) in [6.07, 6.45) is 7.05. The Labute approximate surface area is 130 Å². The molecule has 0 aromatic rings. The van der Waals surface area contributed by atoms with E-state index in [-0.39, 0.29) is 0 Å². The lowest BCUT2D eigenvalue weighted by molar-refractivity contribution is 0.0441. The summed E-state index contributed by atoms with van der Waals surface area (Å²) in [4.78, 5) is 11.1. The average molecular weight is 292 g/mol. The molecule has 4 heteroatoms. The van der Waals surface area contributed by atoms with E-state index in [4.69, 9.17) is 0 Å². The van der Waals surface area contributed by atoms with E-state index < -0.39 is 0 Å². The molecule has 3 saturated heterocycles. The van der Waals surface area contributed by atoms with Crippen molar-refractivity contribution in [3.63, 3.8) is 0 Å². The first-order valence-electron chi connectivity index (χ1n) is 9.20. The van der Waals surface area contributed by atoms with Crippen molar-refractivity contribution in [2.24, 2.45) is 0 Å². The second-order valence-corrected chi connectivity index (χ2v) is 7.79. The SMILES string of the molecule is CN1CCCN2CCN3CCCN(CC1)C1CC2CC3C1. The van der Waals surface area contributed by atoms with Crippen molar-refractivity contribution in [1.82, 2.24) is 19.6 Å². The quantitative estimate of drug-likeness (QED) is 0.658. The second-order valence-electron chi connectivity index (χ2n) is 7.79. The Hall–Kier alpha value is -0.160. The van der Waals surface area contributed by atoms with Gasteiger partial charge < -0.3 is 4.90 Å². The molecule has 3 aliphatic heterocycles. The lowest BCUT2D eigenvalue weighted by Crippen LogP contribution is -2.53. The summed E-state index contributed by atoms with van der Waals surface area (Å²) >= 11 is 0. The van der Waals surface area contributed by atoms with Gasteiger partial charge in [0.1, 0.15) is 0 Å². The minimum absolute atomic E-state index is 0.851. The lowest BCUT2D eigenvalue weighted by Gasteiger charge is -2.46. The maximum atomic E-state index is 2.85. The summed E-state index contributed by atoms with van der Waals surface area (Å²) in [6, 6.07) is 2.59. The fourth-order valence-electron chi connectivity index (χ4n) is 5.24. The van der Waals surface area contributed by atoms with E-state index in [2.05, 4.69) is 26.6 Å². The lowest BCUT2D eigenvalue weighted by atomic mass is 9.84. The van der Waals surface area contributed by atoms with Crippen LogP contribution >= 0.6 is 0 Å². The predicted octanol–water partition coefficient (Wildman–Crippen LogP) is 0.935. The van der Waals surface area contributed by atoms with Crippen LogP contribution in [0.5, 0.6) is 0 Å². The minimum Gasteiger partial charge on any atom is -0.305 e. The molecule has 0 radical (unpaired) electrons. The molecule has 0 aromatic heterocycles. The number of hydrogen-bond donors (Lipinski definition) is 0. The molecule has 120 valence electrons. The highest BCUT2D eigenvalue weighted by Gasteiger charge is 2.40. The highest BCUT2D eigenvalue weighted by atomic mass is 15.3. The first kappa shape index (κ1) is 14.4. The van der Waals surface area contributed by atoms with Crippen molar-refractivity contribution in [2.75, 3.05) is 59.4 Å². The molecule has 1 aliphatic carbocycles. The Kier molecular flexibility index (Phi) is 4.23. The highest BCUT2D eigenvalue weighted by Crippen LogP contribution is 2.34. The monoisotopic (exact) mass is 292 g/mol. The van der Waals surface area contributed by atoms with Gasteiger partial charge in [-0.05, 0) is 65.3 Å². The fraction of sp³-hybridized carbons (Fsp3) is 1.00. The van der Waals surface area contributed by atoms with Gasteiger partial charge in [0.05, 0.1) is 0 Å². The zero-order valence-corrected chi connectivity index (χ0v) is 13.7. The van der Waals surface area contributed by atoms with Gasteiger partial charge in [-0.3, -0.25) is 14.7 Å². The van der Waals surface area contributed by atoms with Crippen LogP contribution in [0.2, 0.25) is 0 Å². The number of hydrogen-bond acceptors (Lipinski definition) is 4. The van der Waals surface area contributed by atoms with E-state index >= 15 is 0 Å². The van der Waals surface area contributed by atoms with Gasteiger partial charge in [-0.25, -0.2) is 0 Å². The smallest absolute Gasteiger partial charge is 0.0126 e. The summed E-state index contributed by atoms with van der Waals surface area (Å²) in [5.41, 5.74) is 0. The molecule has 3 atom stereocenters. The van der Waals surface area contributed by atoms with Crippen LogP contribution in [0.4, 0.5) is 0 Å². The van der Waals surface area contributed by atoms with E-state index in [0.717, 1.165) is 18.1 Å². The van der Waals surface area contributed by atoms with Crippen molar-refractivity contribution < 1.29 is 0 Å². The third-order valence-corrected chi connectivity index (χ3v) is 6.50. The molecular weight excluding hydrogens is 260 g/mol. The summed E-state index contributed by atoms with van der Waals surface area (Å²) < 4.78 is 0. The molecule has 4 fully saturated rings. The van der Waals surface area contributed by atoms with Gasteiger partial charge in [-0.1, -0.05) is 0 Å². The van der Waals surface area contributed by atoms with Crippen LogP contribution in [0.3, 0.4) is 0 Å². The molecular formula is C17H32N4. The van der Waals surface area contributed by atoms with E-state index in [9.17, 15) is 0 Å². The Morgan fingerprint density at radius 1 is 0.524 bits per heavy atom. The van der Waals surface area contributed by atoms with E-state index in [0.29, 0.717) is 0 Å². The standard InChI is InChI=1S/C17H32N4/c1-18-4-2-5-20-10-11-21-7-3-6-19(9-8-18)15-12-16(20)14-17(21)13-15/h15-17H,2-14H2,1H3. The van der Waals surface area contributed by atoms with Crippen molar-refractivity contribution in [3.8, 4) is 0 Å². The molecule has 4 rings (SSSR count). The molecule has 21 heavy (non-hydrogen) atoms. The van der Waals surface area contributed by atoms with Gasteiger partial charge in [-0.15, -0.1) is 0 Å². The second kappa shape index (κ2) is 6.15. The van der Waals surface area contributed by atoms with Crippen molar-refractivity contribution in [1.29, 1.82) is 0 Å². The van der Waals surface area contributed by atoms with Gasteiger partial charge in [0.2, 0.25) is 0 Å². The average Bonchev–Trinajstić information content (AvgIpc) is 2.61. The summed E-state index contributed by atoms with van der Waals surface area (Å²) in [5, 5.41) is 0. The topological polar surface area (TPSA) is 13.0 Å². The normalized spacial score (nSPS) is 40.7. The van der Waals surface area contributed by atoms with Gasteiger partial charge in [-0.2, -0.15) is 0 Å². The molecule has 3 bridgehead atoms. The van der Waals surface area contributed by atoms with Crippen LogP contribution in [0.1, 0.15) is 32.1 Å². The molecule has 0 N–H and O–H groups in total. The molecule has 4 aliphatic rings. The van der Waals surface area contributed by atoms with Crippen LogP contribution < -0.4 is 0 Å². The number of likely N-dealkylation sites (N-methyl/N-ethyl adjacent to an activating group) is 1. The number of nitrogens with zero attached hydrogens (tertiary/aromatic N) is 4. The molecule has 1 saturated carbocycles. The largest absolute Gasteiger partial charge is 0.305 e. The van der Waals surface area contributed by atoms with Crippen molar-refractivity contribution in [3.05, 3.63) is 0 Å². The highest BCUT2D eigenvalue weighted by molar-refractivity contribution is 4.97. The molecule has 3 unspecified atom stereocenters. The zero-order valence-electron chi connectivity index (χ0n) is 13.7. The van der Waals surface area contributed by atoms with E-state index in [1.54, 1.807) is 0 Å². The first-order chi connectivity index (χ1) is 10.3. The first-order valence-corrected chi connectivity index (χ1v) is 9.20. The zero-order chi connectivity index (χ0) is 14.2. The number of rotatable bonds is 0. The molecule has 0 aromatic carbocycles. The Morgan fingerprint density at radius 3 is 1.48 bits per heavy atom. The molecule has 3 heterocycles. The fourth-order valence-corrected chi connectivity index (χ4v) is 5.24. The third kappa shape index (κ3) is 3.00.